The van der Waals surface area contributed by atoms with Crippen LogP contribution < -0.4 is 5.32 Å². The van der Waals surface area contributed by atoms with E-state index in [1.807, 2.05) is 0 Å². The van der Waals surface area contributed by atoms with E-state index in [1.165, 1.54) is 5.69 Å². The number of aromatic nitrogens is 1. The van der Waals surface area contributed by atoms with E-state index in [0.29, 0.717) is 22.9 Å². The molecule has 0 amide bonds. The predicted molar refractivity (Wildman–Crippen MR) is 69.8 cm³/mol. The molecule has 1 unspecified atom stereocenters. The average molecular weight is 238 g/mol. The van der Waals surface area contributed by atoms with Gasteiger partial charge in [-0.3, -0.25) is 0 Å². The predicted octanol–water partition coefficient (Wildman–Crippen LogP) is 3.54. The van der Waals surface area contributed by atoms with Crippen molar-refractivity contribution in [3.8, 4) is 0 Å². The van der Waals surface area contributed by atoms with Gasteiger partial charge in [-0.05, 0) is 24.7 Å². The van der Waals surface area contributed by atoms with E-state index in [1.54, 1.807) is 11.3 Å². The lowest BCUT2D eigenvalue weighted by Gasteiger charge is -2.13. The second-order valence-corrected chi connectivity index (χ2v) is 7.12. The van der Waals surface area contributed by atoms with Gasteiger partial charge in [0.05, 0.1) is 10.7 Å². The van der Waals surface area contributed by atoms with Gasteiger partial charge >= 0.3 is 0 Å². The zero-order chi connectivity index (χ0) is 12.1. The Bertz CT molecular complexity index is 378. The van der Waals surface area contributed by atoms with Crippen LogP contribution in [0.5, 0.6) is 0 Å². The lowest BCUT2D eigenvalue weighted by molar-refractivity contribution is 0.457. The van der Waals surface area contributed by atoms with Crippen LogP contribution >= 0.6 is 11.3 Å². The molecule has 1 aromatic heterocycles. The molecule has 0 spiro atoms. The minimum absolute atomic E-state index is 0.357. The molecule has 1 heterocycles. The SMILES string of the molecule is Cc1nc(C(C)NC2C(C)(C)C2(C)C)cs1. The molecular weight excluding hydrogens is 216 g/mol. The second kappa shape index (κ2) is 3.54. The highest BCUT2D eigenvalue weighted by atomic mass is 32.1. The smallest absolute Gasteiger partial charge is 0.0898 e. The Morgan fingerprint density at radius 2 is 1.88 bits per heavy atom. The molecule has 0 saturated heterocycles. The summed E-state index contributed by atoms with van der Waals surface area (Å²) in [6.07, 6.45) is 0. The van der Waals surface area contributed by atoms with Gasteiger partial charge in [-0.25, -0.2) is 4.98 Å². The maximum Gasteiger partial charge on any atom is 0.0898 e. The van der Waals surface area contributed by atoms with Crippen LogP contribution in [0.4, 0.5) is 0 Å². The minimum atomic E-state index is 0.357. The van der Waals surface area contributed by atoms with E-state index in [4.69, 9.17) is 0 Å². The number of aryl methyl sites for hydroxylation is 1. The molecule has 0 aromatic carbocycles. The van der Waals surface area contributed by atoms with Gasteiger partial charge in [-0.1, -0.05) is 27.7 Å². The fourth-order valence-electron chi connectivity index (χ4n) is 2.53. The van der Waals surface area contributed by atoms with Gasteiger partial charge < -0.3 is 5.32 Å². The van der Waals surface area contributed by atoms with Gasteiger partial charge in [0, 0.05) is 17.5 Å². The first-order valence-corrected chi connectivity index (χ1v) is 6.83. The summed E-state index contributed by atoms with van der Waals surface area (Å²) in [6.45, 7) is 13.6. The summed E-state index contributed by atoms with van der Waals surface area (Å²) in [4.78, 5) is 4.54. The Morgan fingerprint density at radius 3 is 2.25 bits per heavy atom. The van der Waals surface area contributed by atoms with Crippen molar-refractivity contribution in [2.24, 2.45) is 10.8 Å². The molecule has 0 bridgehead atoms. The molecule has 1 saturated carbocycles. The Hall–Kier alpha value is -0.410. The Morgan fingerprint density at radius 1 is 1.31 bits per heavy atom. The standard InChI is InChI=1S/C13H22N2S/c1-8(10-7-16-9(2)15-10)14-11-12(3,4)13(11,5)6/h7-8,11,14H,1-6H3. The van der Waals surface area contributed by atoms with E-state index >= 15 is 0 Å². The van der Waals surface area contributed by atoms with E-state index < -0.39 is 0 Å². The van der Waals surface area contributed by atoms with Crippen LogP contribution in [0.2, 0.25) is 0 Å². The molecule has 3 heteroatoms. The van der Waals surface area contributed by atoms with Crippen molar-refractivity contribution < 1.29 is 0 Å². The third kappa shape index (κ3) is 1.70. The van der Waals surface area contributed by atoms with Crippen molar-refractivity contribution in [2.45, 2.75) is 53.6 Å². The molecule has 0 aliphatic heterocycles. The van der Waals surface area contributed by atoms with Crippen LogP contribution in [0.15, 0.2) is 5.38 Å². The van der Waals surface area contributed by atoms with Crippen molar-refractivity contribution in [3.05, 3.63) is 16.1 Å². The molecule has 1 aromatic rings. The summed E-state index contributed by atoms with van der Waals surface area (Å²) < 4.78 is 0. The molecule has 1 atom stereocenters. The van der Waals surface area contributed by atoms with Gasteiger partial charge in [0.1, 0.15) is 0 Å². The van der Waals surface area contributed by atoms with Gasteiger partial charge in [0.2, 0.25) is 0 Å². The largest absolute Gasteiger partial charge is 0.305 e. The number of rotatable bonds is 3. The molecule has 90 valence electrons. The van der Waals surface area contributed by atoms with Crippen molar-refractivity contribution in [2.75, 3.05) is 0 Å². The highest BCUT2D eigenvalue weighted by Crippen LogP contribution is 2.63. The van der Waals surface area contributed by atoms with E-state index in [2.05, 4.69) is 57.2 Å². The summed E-state index contributed by atoms with van der Waals surface area (Å²) in [5, 5.41) is 7.02. The maximum atomic E-state index is 4.54. The highest BCUT2D eigenvalue weighted by Gasteiger charge is 2.64. The number of nitrogens with zero attached hydrogens (tertiary/aromatic N) is 1. The second-order valence-electron chi connectivity index (χ2n) is 6.06. The first-order chi connectivity index (χ1) is 7.26. The van der Waals surface area contributed by atoms with Gasteiger partial charge in [-0.2, -0.15) is 0 Å². The summed E-state index contributed by atoms with van der Waals surface area (Å²) in [7, 11) is 0. The van der Waals surface area contributed by atoms with E-state index in [9.17, 15) is 0 Å². The Balaban J connectivity index is 2.03. The first kappa shape index (κ1) is 12.1. The fraction of sp³-hybridized carbons (Fsp3) is 0.769. The fourth-order valence-corrected chi connectivity index (χ4v) is 3.23. The normalized spacial score (nSPS) is 24.4. The van der Waals surface area contributed by atoms with Gasteiger partial charge in [0.15, 0.2) is 0 Å². The van der Waals surface area contributed by atoms with Crippen LogP contribution in [-0.4, -0.2) is 11.0 Å². The van der Waals surface area contributed by atoms with Gasteiger partial charge in [-0.15, -0.1) is 11.3 Å². The number of nitrogens with one attached hydrogen (secondary N) is 1. The summed E-state index contributed by atoms with van der Waals surface area (Å²) in [6, 6.07) is 0.952. The Labute approximate surface area is 102 Å². The molecule has 2 nitrogen and oxygen atoms in total. The molecule has 1 fully saturated rings. The van der Waals surface area contributed by atoms with Crippen LogP contribution in [-0.2, 0) is 0 Å². The third-order valence-electron chi connectivity index (χ3n) is 4.52. The van der Waals surface area contributed by atoms with E-state index in [-0.39, 0.29) is 0 Å². The average Bonchev–Trinajstić information content (AvgIpc) is 2.58. The van der Waals surface area contributed by atoms with Crippen molar-refractivity contribution >= 4 is 11.3 Å². The first-order valence-electron chi connectivity index (χ1n) is 5.95. The minimum Gasteiger partial charge on any atom is -0.305 e. The summed E-state index contributed by atoms with van der Waals surface area (Å²) in [5.74, 6) is 0. The van der Waals surface area contributed by atoms with Crippen molar-refractivity contribution in [3.63, 3.8) is 0 Å². The molecule has 1 aliphatic rings. The van der Waals surface area contributed by atoms with Crippen molar-refractivity contribution in [1.82, 2.24) is 10.3 Å². The number of hydrogen-bond donors (Lipinski definition) is 1. The zero-order valence-corrected chi connectivity index (χ0v) is 11.9. The van der Waals surface area contributed by atoms with Crippen LogP contribution in [0, 0.1) is 17.8 Å². The summed E-state index contributed by atoms with van der Waals surface area (Å²) in [5.41, 5.74) is 1.97. The van der Waals surface area contributed by atoms with Crippen LogP contribution in [0.25, 0.3) is 0 Å². The quantitative estimate of drug-likeness (QED) is 0.871. The van der Waals surface area contributed by atoms with Crippen molar-refractivity contribution in [1.29, 1.82) is 0 Å². The molecule has 0 radical (unpaired) electrons. The molecule has 1 aliphatic carbocycles. The van der Waals surface area contributed by atoms with Gasteiger partial charge in [0.25, 0.3) is 0 Å². The Kier molecular flexibility index (Phi) is 2.67. The molecular formula is C13H22N2S. The number of hydrogen-bond acceptors (Lipinski definition) is 3. The number of thiazole rings is 1. The monoisotopic (exact) mass is 238 g/mol. The molecule has 2 rings (SSSR count). The highest BCUT2D eigenvalue weighted by molar-refractivity contribution is 7.09. The van der Waals surface area contributed by atoms with Crippen LogP contribution in [0.1, 0.15) is 51.4 Å². The third-order valence-corrected chi connectivity index (χ3v) is 5.31. The lowest BCUT2D eigenvalue weighted by Crippen LogP contribution is -2.26. The van der Waals surface area contributed by atoms with E-state index in [0.717, 1.165) is 5.01 Å². The topological polar surface area (TPSA) is 24.9 Å². The molecule has 16 heavy (non-hydrogen) atoms. The summed E-state index contributed by atoms with van der Waals surface area (Å²) >= 11 is 1.73. The zero-order valence-electron chi connectivity index (χ0n) is 11.1. The lowest BCUT2D eigenvalue weighted by atomic mass is 10.0. The van der Waals surface area contributed by atoms with Crippen LogP contribution in [0.3, 0.4) is 0 Å². The molecule has 1 N–H and O–H groups in total. The maximum absolute atomic E-state index is 4.54.